The van der Waals surface area contributed by atoms with Crippen molar-refractivity contribution in [1.82, 2.24) is 10.0 Å². The van der Waals surface area contributed by atoms with Gasteiger partial charge in [-0.05, 0) is 37.8 Å². The Balaban J connectivity index is 3.67. The Hall–Kier alpha value is -0.130. The Morgan fingerprint density at radius 3 is 2.24 bits per heavy atom. The summed E-state index contributed by atoms with van der Waals surface area (Å²) in [6.45, 7) is 10.7. The lowest BCUT2D eigenvalue weighted by Crippen LogP contribution is -2.30. The van der Waals surface area contributed by atoms with E-state index >= 15 is 0 Å². The van der Waals surface area contributed by atoms with Crippen LogP contribution in [0.2, 0.25) is 0 Å². The summed E-state index contributed by atoms with van der Waals surface area (Å²) in [5, 5.41) is 3.20. The van der Waals surface area contributed by atoms with Gasteiger partial charge in [-0.3, -0.25) is 0 Å². The lowest BCUT2D eigenvalue weighted by atomic mass is 9.93. The second kappa shape index (κ2) is 8.06. The number of hydrogen-bond donors (Lipinski definition) is 2. The van der Waals surface area contributed by atoms with E-state index in [1.54, 1.807) is 0 Å². The molecule has 0 saturated carbocycles. The van der Waals surface area contributed by atoms with E-state index in [0.29, 0.717) is 13.0 Å². The summed E-state index contributed by atoms with van der Waals surface area (Å²) in [6, 6.07) is 0. The van der Waals surface area contributed by atoms with Crippen molar-refractivity contribution in [3.05, 3.63) is 0 Å². The molecule has 0 fully saturated rings. The monoisotopic (exact) mass is 264 g/mol. The van der Waals surface area contributed by atoms with Crippen LogP contribution in [0, 0.1) is 5.41 Å². The highest BCUT2D eigenvalue weighted by Crippen LogP contribution is 2.17. The van der Waals surface area contributed by atoms with E-state index in [9.17, 15) is 8.42 Å². The second-order valence-electron chi connectivity index (χ2n) is 5.63. The Labute approximate surface area is 107 Å². The summed E-state index contributed by atoms with van der Waals surface area (Å²) in [5.74, 6) is 0.216. The fourth-order valence-electron chi connectivity index (χ4n) is 1.34. The first-order chi connectivity index (χ1) is 7.77. The zero-order valence-electron chi connectivity index (χ0n) is 11.7. The van der Waals surface area contributed by atoms with E-state index < -0.39 is 10.0 Å². The van der Waals surface area contributed by atoms with Gasteiger partial charge in [0.2, 0.25) is 10.0 Å². The maximum Gasteiger partial charge on any atom is 0.211 e. The Morgan fingerprint density at radius 1 is 1.06 bits per heavy atom. The second-order valence-corrected chi connectivity index (χ2v) is 7.55. The maximum absolute atomic E-state index is 11.6. The fourth-order valence-corrected chi connectivity index (χ4v) is 2.42. The van der Waals surface area contributed by atoms with Crippen molar-refractivity contribution in [2.24, 2.45) is 5.41 Å². The van der Waals surface area contributed by atoms with E-state index in [-0.39, 0.29) is 11.2 Å². The van der Waals surface area contributed by atoms with Crippen molar-refractivity contribution in [1.29, 1.82) is 0 Å². The lowest BCUT2D eigenvalue weighted by molar-refractivity contribution is 0.378. The van der Waals surface area contributed by atoms with Crippen molar-refractivity contribution in [2.75, 3.05) is 25.4 Å². The van der Waals surface area contributed by atoms with Crippen molar-refractivity contribution >= 4 is 10.0 Å². The highest BCUT2D eigenvalue weighted by Gasteiger charge is 2.13. The molecule has 0 aromatic heterocycles. The minimum atomic E-state index is -3.08. The molecule has 0 amide bonds. The highest BCUT2D eigenvalue weighted by atomic mass is 32.2. The van der Waals surface area contributed by atoms with Gasteiger partial charge >= 0.3 is 0 Å². The Kier molecular flexibility index (Phi) is 8.00. The maximum atomic E-state index is 11.6. The first-order valence-corrected chi connectivity index (χ1v) is 8.10. The first kappa shape index (κ1) is 16.9. The van der Waals surface area contributed by atoms with Crippen LogP contribution in [0.25, 0.3) is 0 Å². The molecule has 0 aliphatic rings. The molecule has 104 valence electrons. The van der Waals surface area contributed by atoms with Gasteiger partial charge in [0.1, 0.15) is 0 Å². The number of hydrogen-bond acceptors (Lipinski definition) is 3. The van der Waals surface area contributed by atoms with Gasteiger partial charge in [-0.2, -0.15) is 0 Å². The number of nitrogens with one attached hydrogen (secondary N) is 2. The minimum absolute atomic E-state index is 0.172. The predicted octanol–water partition coefficient (Wildman–Crippen LogP) is 1.73. The summed E-state index contributed by atoms with van der Waals surface area (Å²) >= 11 is 0. The standard InChI is InChI=1S/C12H28N2O2S/c1-5-8-13-9-6-11-17(15,16)14-10-7-12(2,3)4/h13-14H,5-11H2,1-4H3. The van der Waals surface area contributed by atoms with E-state index in [1.807, 2.05) is 0 Å². The molecule has 0 radical (unpaired) electrons. The zero-order valence-corrected chi connectivity index (χ0v) is 12.5. The van der Waals surface area contributed by atoms with Crippen molar-refractivity contribution < 1.29 is 8.42 Å². The molecule has 0 heterocycles. The van der Waals surface area contributed by atoms with Gasteiger partial charge < -0.3 is 5.32 Å². The van der Waals surface area contributed by atoms with E-state index in [1.165, 1.54) is 0 Å². The average Bonchev–Trinajstić information content (AvgIpc) is 2.14. The largest absolute Gasteiger partial charge is 0.317 e. The van der Waals surface area contributed by atoms with Gasteiger partial charge in [0.25, 0.3) is 0 Å². The molecular formula is C12H28N2O2S. The average molecular weight is 264 g/mol. The van der Waals surface area contributed by atoms with Crippen LogP contribution in [-0.4, -0.2) is 33.8 Å². The quantitative estimate of drug-likeness (QED) is 0.624. The van der Waals surface area contributed by atoms with Crippen LogP contribution in [0.1, 0.15) is 47.0 Å². The molecule has 0 bridgehead atoms. The molecule has 0 rings (SSSR count). The molecule has 0 aromatic rings. The Bertz CT molecular complexity index is 281. The van der Waals surface area contributed by atoms with Crippen LogP contribution in [-0.2, 0) is 10.0 Å². The summed E-state index contributed by atoms with van der Waals surface area (Å²) in [5.41, 5.74) is 0.172. The van der Waals surface area contributed by atoms with Crippen LogP contribution in [0.3, 0.4) is 0 Å². The van der Waals surface area contributed by atoms with Gasteiger partial charge in [0, 0.05) is 6.54 Å². The molecule has 2 N–H and O–H groups in total. The van der Waals surface area contributed by atoms with E-state index in [4.69, 9.17) is 0 Å². The normalized spacial score (nSPS) is 12.9. The van der Waals surface area contributed by atoms with Crippen LogP contribution in [0.5, 0.6) is 0 Å². The van der Waals surface area contributed by atoms with Gasteiger partial charge in [0.15, 0.2) is 0 Å². The molecular weight excluding hydrogens is 236 g/mol. The molecule has 5 heteroatoms. The highest BCUT2D eigenvalue weighted by molar-refractivity contribution is 7.89. The van der Waals surface area contributed by atoms with Crippen molar-refractivity contribution in [3.8, 4) is 0 Å². The molecule has 0 saturated heterocycles. The molecule has 0 spiro atoms. The van der Waals surface area contributed by atoms with E-state index in [2.05, 4.69) is 37.7 Å². The molecule has 0 unspecified atom stereocenters. The summed E-state index contributed by atoms with van der Waals surface area (Å²) in [6.07, 6.45) is 2.61. The molecule has 0 atom stereocenters. The summed E-state index contributed by atoms with van der Waals surface area (Å²) in [4.78, 5) is 0. The van der Waals surface area contributed by atoms with E-state index in [0.717, 1.165) is 25.9 Å². The van der Waals surface area contributed by atoms with Gasteiger partial charge in [-0.25, -0.2) is 13.1 Å². The predicted molar refractivity (Wildman–Crippen MR) is 73.6 cm³/mol. The third-order valence-electron chi connectivity index (χ3n) is 2.39. The molecule has 17 heavy (non-hydrogen) atoms. The van der Waals surface area contributed by atoms with Crippen LogP contribution in [0.4, 0.5) is 0 Å². The third kappa shape index (κ3) is 12.1. The lowest BCUT2D eigenvalue weighted by Gasteiger charge is -2.18. The van der Waals surface area contributed by atoms with Gasteiger partial charge in [0.05, 0.1) is 5.75 Å². The van der Waals surface area contributed by atoms with Crippen molar-refractivity contribution in [3.63, 3.8) is 0 Å². The van der Waals surface area contributed by atoms with Crippen LogP contribution < -0.4 is 10.0 Å². The van der Waals surface area contributed by atoms with Crippen LogP contribution in [0.15, 0.2) is 0 Å². The molecule has 0 aliphatic carbocycles. The summed E-state index contributed by atoms with van der Waals surface area (Å²) in [7, 11) is -3.08. The first-order valence-electron chi connectivity index (χ1n) is 6.45. The summed E-state index contributed by atoms with van der Waals surface area (Å²) < 4.78 is 25.9. The smallest absolute Gasteiger partial charge is 0.211 e. The Morgan fingerprint density at radius 2 is 1.71 bits per heavy atom. The molecule has 0 aliphatic heterocycles. The topological polar surface area (TPSA) is 58.2 Å². The number of sulfonamides is 1. The van der Waals surface area contributed by atoms with Crippen molar-refractivity contribution in [2.45, 2.75) is 47.0 Å². The molecule has 0 aromatic carbocycles. The van der Waals surface area contributed by atoms with Crippen LogP contribution >= 0.6 is 0 Å². The molecule has 4 nitrogen and oxygen atoms in total. The fraction of sp³-hybridized carbons (Fsp3) is 1.00. The zero-order chi connectivity index (χ0) is 13.4. The minimum Gasteiger partial charge on any atom is -0.317 e. The van der Waals surface area contributed by atoms with Gasteiger partial charge in [-0.15, -0.1) is 0 Å². The number of rotatable bonds is 9. The third-order valence-corrected chi connectivity index (χ3v) is 3.86. The SMILES string of the molecule is CCCNCCCS(=O)(=O)NCCC(C)(C)C. The van der Waals surface area contributed by atoms with Gasteiger partial charge in [-0.1, -0.05) is 27.7 Å².